The van der Waals surface area contributed by atoms with E-state index in [0.717, 1.165) is 0 Å². The molecule has 6 heteroatoms. The van der Waals surface area contributed by atoms with Crippen LogP contribution in [0.3, 0.4) is 0 Å². The minimum atomic E-state index is -0.991. The quantitative estimate of drug-likeness (QED) is 0.682. The average molecular weight is 198 g/mol. The lowest BCUT2D eigenvalue weighted by atomic mass is 10.4. The van der Waals surface area contributed by atoms with Gasteiger partial charge in [0, 0.05) is 13.2 Å². The van der Waals surface area contributed by atoms with Gasteiger partial charge in [0.05, 0.1) is 7.11 Å². The summed E-state index contributed by atoms with van der Waals surface area (Å²) < 4.78 is 5.93. The molecule has 0 aliphatic carbocycles. The molecule has 0 radical (unpaired) electrons. The molecule has 0 fully saturated rings. The highest BCUT2D eigenvalue weighted by Gasteiger charge is 2.14. The number of esters is 1. The number of nitrogens with zero attached hydrogens (tertiary/aromatic N) is 2. The van der Waals surface area contributed by atoms with E-state index in [2.05, 4.69) is 9.72 Å². The van der Waals surface area contributed by atoms with Crippen molar-refractivity contribution in [2.75, 3.05) is 7.11 Å². The Kier molecular flexibility index (Phi) is 2.85. The van der Waals surface area contributed by atoms with Crippen LogP contribution in [0.15, 0.2) is 6.20 Å². The Morgan fingerprint density at radius 1 is 1.64 bits per heavy atom. The Morgan fingerprint density at radius 3 is 2.79 bits per heavy atom. The van der Waals surface area contributed by atoms with Crippen LogP contribution in [0.25, 0.3) is 0 Å². The summed E-state index contributed by atoms with van der Waals surface area (Å²) in [6.07, 6.45) is 1.22. The number of aromatic nitrogens is 2. The van der Waals surface area contributed by atoms with E-state index in [1.165, 1.54) is 17.9 Å². The second-order valence-electron chi connectivity index (χ2n) is 2.72. The number of carbonyl (C=O) groups is 2. The molecule has 0 spiro atoms. The maximum absolute atomic E-state index is 11.0. The monoisotopic (exact) mass is 198 g/mol. The van der Waals surface area contributed by atoms with Crippen LogP contribution in [0.1, 0.15) is 16.3 Å². The maximum atomic E-state index is 11.0. The minimum Gasteiger partial charge on any atom is -0.481 e. The normalized spacial score (nSPS) is 9.86. The molecule has 14 heavy (non-hydrogen) atoms. The number of carbonyl (C=O) groups excluding carboxylic acids is 1. The number of carboxylic acid groups (broad SMARTS) is 1. The highest BCUT2D eigenvalue weighted by molar-refractivity contribution is 5.87. The topological polar surface area (TPSA) is 81.4 Å². The number of carboxylic acids is 1. The third-order valence-electron chi connectivity index (χ3n) is 1.68. The van der Waals surface area contributed by atoms with Gasteiger partial charge in [0.1, 0.15) is 12.2 Å². The number of hydrogen-bond donors (Lipinski definition) is 1. The van der Waals surface area contributed by atoms with Gasteiger partial charge in [-0.15, -0.1) is 0 Å². The molecule has 1 aromatic rings. The molecule has 0 amide bonds. The molecule has 1 rings (SSSR count). The van der Waals surface area contributed by atoms with Crippen LogP contribution in [0.4, 0.5) is 0 Å². The molecule has 1 heterocycles. The third kappa shape index (κ3) is 2.09. The van der Waals surface area contributed by atoms with Crippen LogP contribution in [0.2, 0.25) is 0 Å². The molecular formula is C8H10N2O4. The van der Waals surface area contributed by atoms with Gasteiger partial charge in [0.15, 0.2) is 5.69 Å². The fraction of sp³-hybridized carbons (Fsp3) is 0.375. The fourth-order valence-corrected chi connectivity index (χ4v) is 1.01. The van der Waals surface area contributed by atoms with Gasteiger partial charge in [-0.1, -0.05) is 0 Å². The van der Waals surface area contributed by atoms with Gasteiger partial charge in [0.25, 0.3) is 0 Å². The van der Waals surface area contributed by atoms with Crippen molar-refractivity contribution in [2.24, 2.45) is 7.05 Å². The summed E-state index contributed by atoms with van der Waals surface area (Å²) in [5, 5.41) is 8.53. The number of aliphatic carboxylic acids is 1. The molecule has 0 aromatic carbocycles. The van der Waals surface area contributed by atoms with Gasteiger partial charge in [-0.2, -0.15) is 0 Å². The molecule has 1 aromatic heterocycles. The Labute approximate surface area is 80.1 Å². The van der Waals surface area contributed by atoms with Gasteiger partial charge < -0.3 is 14.4 Å². The molecule has 0 saturated carbocycles. The third-order valence-corrected chi connectivity index (χ3v) is 1.68. The summed E-state index contributed by atoms with van der Waals surface area (Å²) >= 11 is 0. The SMILES string of the molecule is COC(=O)c1cn(C)c(CC(=O)O)n1. The Balaban J connectivity index is 2.93. The van der Waals surface area contributed by atoms with Crippen molar-refractivity contribution >= 4 is 11.9 Å². The van der Waals surface area contributed by atoms with Gasteiger partial charge >= 0.3 is 11.9 Å². The summed E-state index contributed by atoms with van der Waals surface area (Å²) in [6.45, 7) is 0. The Bertz CT molecular complexity index is 369. The number of aryl methyl sites for hydroxylation is 1. The van der Waals surface area contributed by atoms with Crippen molar-refractivity contribution in [3.05, 3.63) is 17.7 Å². The van der Waals surface area contributed by atoms with E-state index in [1.54, 1.807) is 7.05 Å². The zero-order valence-electron chi connectivity index (χ0n) is 7.85. The van der Waals surface area contributed by atoms with E-state index in [-0.39, 0.29) is 12.1 Å². The van der Waals surface area contributed by atoms with Crippen molar-refractivity contribution in [2.45, 2.75) is 6.42 Å². The highest BCUT2D eigenvalue weighted by Crippen LogP contribution is 2.03. The number of methoxy groups -OCH3 is 1. The van der Waals surface area contributed by atoms with Gasteiger partial charge in [0.2, 0.25) is 0 Å². The van der Waals surface area contributed by atoms with E-state index in [4.69, 9.17) is 5.11 Å². The van der Waals surface area contributed by atoms with Crippen molar-refractivity contribution in [3.63, 3.8) is 0 Å². The molecule has 1 N–H and O–H groups in total. The van der Waals surface area contributed by atoms with Gasteiger partial charge in [-0.05, 0) is 0 Å². The van der Waals surface area contributed by atoms with E-state index >= 15 is 0 Å². The first-order valence-corrected chi connectivity index (χ1v) is 3.87. The summed E-state index contributed by atoms with van der Waals surface area (Å²) in [7, 11) is 2.87. The highest BCUT2D eigenvalue weighted by atomic mass is 16.5. The average Bonchev–Trinajstić information content (AvgIpc) is 2.46. The lowest BCUT2D eigenvalue weighted by molar-refractivity contribution is -0.136. The van der Waals surface area contributed by atoms with Crippen molar-refractivity contribution < 1.29 is 19.4 Å². The zero-order chi connectivity index (χ0) is 10.7. The van der Waals surface area contributed by atoms with Crippen molar-refractivity contribution in [1.82, 2.24) is 9.55 Å². The van der Waals surface area contributed by atoms with E-state index in [0.29, 0.717) is 5.82 Å². The van der Waals surface area contributed by atoms with E-state index in [9.17, 15) is 9.59 Å². The van der Waals surface area contributed by atoms with Crippen LogP contribution in [-0.4, -0.2) is 33.7 Å². The van der Waals surface area contributed by atoms with Crippen LogP contribution >= 0.6 is 0 Å². The zero-order valence-corrected chi connectivity index (χ0v) is 7.85. The molecular weight excluding hydrogens is 188 g/mol. The van der Waals surface area contributed by atoms with Crippen LogP contribution in [0.5, 0.6) is 0 Å². The van der Waals surface area contributed by atoms with Crippen LogP contribution in [-0.2, 0) is 23.0 Å². The number of imidazole rings is 1. The predicted octanol–water partition coefficient (Wildman–Crippen LogP) is -0.166. The first kappa shape index (κ1) is 10.2. The van der Waals surface area contributed by atoms with Gasteiger partial charge in [-0.3, -0.25) is 4.79 Å². The molecule has 0 aliphatic heterocycles. The van der Waals surface area contributed by atoms with Crippen molar-refractivity contribution in [1.29, 1.82) is 0 Å². The molecule has 0 saturated heterocycles. The second kappa shape index (κ2) is 3.91. The summed E-state index contributed by atoms with van der Waals surface area (Å²) in [5.41, 5.74) is 0.117. The molecule has 0 bridgehead atoms. The smallest absolute Gasteiger partial charge is 0.358 e. The molecule has 76 valence electrons. The largest absolute Gasteiger partial charge is 0.481 e. The number of hydrogen-bond acceptors (Lipinski definition) is 4. The lowest BCUT2D eigenvalue weighted by Crippen LogP contribution is -2.06. The van der Waals surface area contributed by atoms with Crippen LogP contribution < -0.4 is 0 Å². The van der Waals surface area contributed by atoms with E-state index in [1.807, 2.05) is 0 Å². The van der Waals surface area contributed by atoms with Crippen LogP contribution in [0, 0.1) is 0 Å². The Hall–Kier alpha value is -1.85. The maximum Gasteiger partial charge on any atom is 0.358 e. The minimum absolute atomic E-state index is 0.117. The second-order valence-corrected chi connectivity index (χ2v) is 2.72. The lowest BCUT2D eigenvalue weighted by Gasteiger charge is -1.94. The fourth-order valence-electron chi connectivity index (χ4n) is 1.01. The summed E-state index contributed by atoms with van der Waals surface area (Å²) in [6, 6.07) is 0. The number of rotatable bonds is 3. The molecule has 0 aliphatic rings. The van der Waals surface area contributed by atoms with Crippen molar-refractivity contribution in [3.8, 4) is 0 Å². The summed E-state index contributed by atoms with van der Waals surface area (Å²) in [5.74, 6) is -1.25. The molecule has 0 unspecified atom stereocenters. The first-order valence-electron chi connectivity index (χ1n) is 3.87. The standard InChI is InChI=1S/C8H10N2O4/c1-10-4-5(8(13)14-2)9-6(10)3-7(11)12/h4H,3H2,1-2H3,(H,11,12). The summed E-state index contributed by atoms with van der Waals surface area (Å²) in [4.78, 5) is 25.2. The predicted molar refractivity (Wildman–Crippen MR) is 45.9 cm³/mol. The Morgan fingerprint density at radius 2 is 2.29 bits per heavy atom. The molecule has 6 nitrogen and oxygen atoms in total. The molecule has 0 atom stereocenters. The number of ether oxygens (including phenoxy) is 1. The first-order chi connectivity index (χ1) is 6.54. The van der Waals surface area contributed by atoms with E-state index < -0.39 is 11.9 Å². The van der Waals surface area contributed by atoms with Gasteiger partial charge in [-0.25, -0.2) is 9.78 Å².